The van der Waals surface area contributed by atoms with Crippen molar-refractivity contribution in [1.29, 1.82) is 0 Å². The zero-order valence-corrected chi connectivity index (χ0v) is 22.0. The van der Waals surface area contributed by atoms with E-state index < -0.39 is 43.3 Å². The quantitative estimate of drug-likeness (QED) is 0.175. The van der Waals surface area contributed by atoms with E-state index >= 15 is 0 Å². The van der Waals surface area contributed by atoms with Crippen molar-refractivity contribution in [3.63, 3.8) is 0 Å². The Bertz CT molecular complexity index is 679. The van der Waals surface area contributed by atoms with Crippen molar-refractivity contribution in [3.8, 4) is 0 Å². The van der Waals surface area contributed by atoms with Crippen LogP contribution in [-0.2, 0) is 37.5 Å². The molecule has 0 spiro atoms. The highest BCUT2D eigenvalue weighted by Gasteiger charge is 2.34. The normalized spacial score (nSPS) is 14.8. The highest BCUT2D eigenvalue weighted by molar-refractivity contribution is 7.47. The first-order valence-electron chi connectivity index (χ1n) is 11.5. The van der Waals surface area contributed by atoms with Crippen molar-refractivity contribution >= 4 is 25.7 Å². The second-order valence-corrected chi connectivity index (χ2v) is 10.6. The van der Waals surface area contributed by atoms with E-state index in [2.05, 4.69) is 5.32 Å². The van der Waals surface area contributed by atoms with E-state index in [9.17, 15) is 23.8 Å². The molecule has 0 bridgehead atoms. The lowest BCUT2D eigenvalue weighted by Gasteiger charge is -2.27. The molecular weight excluding hydrogens is 453 g/mol. The van der Waals surface area contributed by atoms with Crippen molar-refractivity contribution in [3.05, 3.63) is 0 Å². The molecule has 0 rings (SSSR count). The summed E-state index contributed by atoms with van der Waals surface area (Å²) in [6, 6.07) is 0. The Hall–Kier alpha value is -1.48. The lowest BCUT2D eigenvalue weighted by atomic mass is 9.88. The van der Waals surface area contributed by atoms with E-state index in [0.29, 0.717) is 12.8 Å². The summed E-state index contributed by atoms with van der Waals surface area (Å²) in [6.07, 6.45) is 1.93. The van der Waals surface area contributed by atoms with Crippen molar-refractivity contribution in [2.24, 2.45) is 10.8 Å². The first-order chi connectivity index (χ1) is 15.2. The molecule has 2 atom stereocenters. The fraction of sp³-hybridized carbons (Fsp3) is 0.864. The number of esters is 2. The number of phosphoric acid groups is 1. The summed E-state index contributed by atoms with van der Waals surface area (Å²) < 4.78 is 32.8. The van der Waals surface area contributed by atoms with E-state index in [1.807, 2.05) is 13.8 Å². The molecule has 0 aromatic heterocycles. The summed E-state index contributed by atoms with van der Waals surface area (Å²) in [5, 5.41) is 2.50. The molecule has 0 saturated carbocycles. The number of hydrogen-bond donors (Lipinski definition) is 2. The molecule has 0 aliphatic carbocycles. The highest BCUT2D eigenvalue weighted by atomic mass is 31.2. The average Bonchev–Trinajstić information content (AvgIpc) is 2.72. The number of hydrogen-bond acceptors (Lipinski definition) is 8. The van der Waals surface area contributed by atoms with Gasteiger partial charge in [0.15, 0.2) is 6.10 Å². The Morgan fingerprint density at radius 3 is 1.97 bits per heavy atom. The van der Waals surface area contributed by atoms with Gasteiger partial charge in [0, 0.05) is 13.0 Å². The van der Waals surface area contributed by atoms with Crippen LogP contribution in [0.2, 0.25) is 0 Å². The number of ether oxygens (including phenoxy) is 2. The van der Waals surface area contributed by atoms with Gasteiger partial charge in [-0.3, -0.25) is 23.4 Å². The Labute approximate surface area is 197 Å². The number of rotatable bonds is 17. The van der Waals surface area contributed by atoms with E-state index in [1.54, 1.807) is 34.6 Å². The predicted octanol–water partition coefficient (Wildman–Crippen LogP) is 3.75. The van der Waals surface area contributed by atoms with Gasteiger partial charge in [0.2, 0.25) is 5.91 Å². The second kappa shape index (κ2) is 14.7. The van der Waals surface area contributed by atoms with Gasteiger partial charge >= 0.3 is 19.8 Å². The summed E-state index contributed by atoms with van der Waals surface area (Å²) in [7, 11) is -4.49. The first-order valence-corrected chi connectivity index (χ1v) is 13.0. The number of amides is 1. The molecule has 0 fully saturated rings. The monoisotopic (exact) mass is 495 g/mol. The lowest BCUT2D eigenvalue weighted by Crippen LogP contribution is -2.37. The van der Waals surface area contributed by atoms with Crippen LogP contribution in [0.3, 0.4) is 0 Å². The van der Waals surface area contributed by atoms with Crippen molar-refractivity contribution in [2.45, 2.75) is 86.7 Å². The maximum absolute atomic E-state index is 12.6. The molecule has 0 aliphatic rings. The van der Waals surface area contributed by atoms with Gasteiger partial charge in [-0.15, -0.1) is 0 Å². The molecule has 0 aromatic carbocycles. The molecule has 0 saturated heterocycles. The molecule has 0 aliphatic heterocycles. The van der Waals surface area contributed by atoms with E-state index in [-0.39, 0.29) is 32.1 Å². The van der Waals surface area contributed by atoms with Crippen LogP contribution in [0.4, 0.5) is 0 Å². The summed E-state index contributed by atoms with van der Waals surface area (Å²) in [4.78, 5) is 46.1. The molecule has 10 nitrogen and oxygen atoms in total. The fourth-order valence-corrected chi connectivity index (χ4v) is 3.69. The number of carbonyl (C=O) groups excluding carboxylic acids is 3. The van der Waals surface area contributed by atoms with Gasteiger partial charge < -0.3 is 19.7 Å². The van der Waals surface area contributed by atoms with Crippen LogP contribution in [0, 0.1) is 10.8 Å². The summed E-state index contributed by atoms with van der Waals surface area (Å²) >= 11 is 0. The number of nitrogens with one attached hydrogen (secondary N) is 1. The minimum Gasteiger partial charge on any atom is -0.461 e. The standard InChI is InChI=1S/C22H42NO9P/c1-8-11-21(4,5)19(25)29-15-17(32-20(26)22(6,7)12-9-2)16-31-33(27,28)30-14-13-23-18(24)10-3/h17H,8-16H2,1-7H3,(H,23,24)(H,27,28). The number of carbonyl (C=O) groups is 3. The largest absolute Gasteiger partial charge is 0.472 e. The molecule has 2 unspecified atom stereocenters. The molecule has 11 heteroatoms. The maximum atomic E-state index is 12.6. The third-order valence-electron chi connectivity index (χ3n) is 4.95. The number of phosphoric ester groups is 1. The SMILES string of the molecule is CCCC(C)(C)C(=O)OCC(COP(=O)(O)OCCNC(=O)CC)OC(=O)C(C)(C)CCC. The van der Waals surface area contributed by atoms with Crippen LogP contribution in [0.5, 0.6) is 0 Å². The van der Waals surface area contributed by atoms with Crippen LogP contribution in [0.1, 0.15) is 80.6 Å². The zero-order chi connectivity index (χ0) is 25.7. The predicted molar refractivity (Wildman–Crippen MR) is 123 cm³/mol. The topological polar surface area (TPSA) is 137 Å². The minimum absolute atomic E-state index is 0.0360. The third-order valence-corrected chi connectivity index (χ3v) is 5.94. The fourth-order valence-electron chi connectivity index (χ4n) is 2.94. The Morgan fingerprint density at radius 2 is 1.45 bits per heavy atom. The van der Waals surface area contributed by atoms with Crippen LogP contribution in [0.25, 0.3) is 0 Å². The molecular formula is C22H42NO9P. The Balaban J connectivity index is 5.07. The van der Waals surface area contributed by atoms with Crippen molar-refractivity contribution in [1.82, 2.24) is 5.32 Å². The highest BCUT2D eigenvalue weighted by Crippen LogP contribution is 2.43. The maximum Gasteiger partial charge on any atom is 0.472 e. The van der Waals surface area contributed by atoms with Gasteiger partial charge in [-0.1, -0.05) is 33.6 Å². The van der Waals surface area contributed by atoms with Gasteiger partial charge in [-0.2, -0.15) is 0 Å². The molecule has 0 aromatic rings. The minimum atomic E-state index is -4.49. The summed E-state index contributed by atoms with van der Waals surface area (Å²) in [5.41, 5.74) is -1.50. The second-order valence-electron chi connectivity index (χ2n) is 9.19. The molecule has 0 heterocycles. The van der Waals surface area contributed by atoms with E-state index in [4.69, 9.17) is 18.5 Å². The van der Waals surface area contributed by atoms with Gasteiger partial charge in [0.1, 0.15) is 6.61 Å². The van der Waals surface area contributed by atoms with Crippen LogP contribution < -0.4 is 5.32 Å². The lowest BCUT2D eigenvalue weighted by molar-refractivity contribution is -0.172. The van der Waals surface area contributed by atoms with Crippen LogP contribution in [-0.4, -0.2) is 55.2 Å². The van der Waals surface area contributed by atoms with Crippen molar-refractivity contribution in [2.75, 3.05) is 26.4 Å². The van der Waals surface area contributed by atoms with Crippen LogP contribution in [0.15, 0.2) is 0 Å². The van der Waals surface area contributed by atoms with Gasteiger partial charge in [0.25, 0.3) is 0 Å². The van der Waals surface area contributed by atoms with Gasteiger partial charge in [-0.25, -0.2) is 4.57 Å². The van der Waals surface area contributed by atoms with Crippen LogP contribution >= 0.6 is 7.82 Å². The molecule has 1 amide bonds. The summed E-state index contributed by atoms with van der Waals surface area (Å²) in [6.45, 7) is 11.5. The Morgan fingerprint density at radius 1 is 0.909 bits per heavy atom. The smallest absolute Gasteiger partial charge is 0.461 e. The third kappa shape index (κ3) is 13.1. The molecule has 2 N–H and O–H groups in total. The van der Waals surface area contributed by atoms with E-state index in [1.165, 1.54) is 0 Å². The summed E-state index contributed by atoms with van der Waals surface area (Å²) in [5.74, 6) is -1.21. The van der Waals surface area contributed by atoms with Crippen molar-refractivity contribution < 1.29 is 42.4 Å². The Kier molecular flexibility index (Phi) is 14.1. The molecule has 194 valence electrons. The molecule has 0 radical (unpaired) electrons. The van der Waals surface area contributed by atoms with Gasteiger partial charge in [0.05, 0.1) is 24.0 Å². The first kappa shape index (κ1) is 31.5. The zero-order valence-electron chi connectivity index (χ0n) is 21.1. The molecule has 33 heavy (non-hydrogen) atoms. The van der Waals surface area contributed by atoms with Gasteiger partial charge in [-0.05, 0) is 40.5 Å². The van der Waals surface area contributed by atoms with E-state index in [0.717, 1.165) is 12.8 Å². The average molecular weight is 496 g/mol.